The van der Waals surface area contributed by atoms with Crippen LogP contribution in [-0.2, 0) is 4.79 Å². The number of amides is 3. The van der Waals surface area contributed by atoms with Gasteiger partial charge in [0, 0.05) is 5.02 Å². The van der Waals surface area contributed by atoms with Crippen LogP contribution in [0.3, 0.4) is 0 Å². The Morgan fingerprint density at radius 1 is 1.04 bits per heavy atom. The van der Waals surface area contributed by atoms with Crippen LogP contribution in [0.1, 0.15) is 0 Å². The zero-order valence-electron chi connectivity index (χ0n) is 13.8. The van der Waals surface area contributed by atoms with Crippen LogP contribution in [0.5, 0.6) is 5.75 Å². The number of urea groups is 1. The van der Waals surface area contributed by atoms with Gasteiger partial charge in [-0.05, 0) is 30.3 Å². The molecule has 0 aliphatic heterocycles. The standard InChI is InChI=1S/C17H15ClF3N3O3/c18-10-2-1-3-11(8-10)27-7-6-22-17(26)23-9-14(25)24-13-5-4-12(19)15(20)16(13)21/h1-5,8H,6-7,9H2,(H,24,25)(H2,22,23,26). The normalized spacial score (nSPS) is 10.2. The fraction of sp³-hybridized carbons (Fsp3) is 0.176. The molecular formula is C17H15ClF3N3O3. The van der Waals surface area contributed by atoms with Gasteiger partial charge in [0.2, 0.25) is 5.91 Å². The summed E-state index contributed by atoms with van der Waals surface area (Å²) < 4.78 is 44.7. The number of benzene rings is 2. The zero-order chi connectivity index (χ0) is 19.8. The molecule has 0 spiro atoms. The first kappa shape index (κ1) is 20.4. The van der Waals surface area contributed by atoms with Crippen LogP contribution in [-0.4, -0.2) is 31.6 Å². The molecule has 0 fully saturated rings. The van der Waals surface area contributed by atoms with Gasteiger partial charge in [0.05, 0.1) is 18.8 Å². The predicted molar refractivity (Wildman–Crippen MR) is 93.3 cm³/mol. The second kappa shape index (κ2) is 9.67. The molecule has 3 amide bonds. The summed E-state index contributed by atoms with van der Waals surface area (Å²) in [5.74, 6) is -4.87. The Balaban J connectivity index is 1.68. The highest BCUT2D eigenvalue weighted by atomic mass is 35.5. The van der Waals surface area contributed by atoms with Crippen molar-refractivity contribution in [3.63, 3.8) is 0 Å². The number of carbonyl (C=O) groups is 2. The van der Waals surface area contributed by atoms with Gasteiger partial charge in [-0.1, -0.05) is 17.7 Å². The lowest BCUT2D eigenvalue weighted by molar-refractivity contribution is -0.115. The molecule has 2 rings (SSSR count). The molecule has 0 aromatic heterocycles. The van der Waals surface area contributed by atoms with E-state index in [-0.39, 0.29) is 13.2 Å². The number of hydrogen-bond donors (Lipinski definition) is 3. The van der Waals surface area contributed by atoms with Crippen LogP contribution < -0.4 is 20.7 Å². The molecule has 0 aliphatic carbocycles. The minimum Gasteiger partial charge on any atom is -0.492 e. The Hall–Kier alpha value is -2.94. The molecule has 0 radical (unpaired) electrons. The van der Waals surface area contributed by atoms with Gasteiger partial charge in [0.25, 0.3) is 0 Å². The largest absolute Gasteiger partial charge is 0.492 e. The van der Waals surface area contributed by atoms with Crippen LogP contribution in [0.2, 0.25) is 5.02 Å². The summed E-state index contributed by atoms with van der Waals surface area (Å²) in [5.41, 5.74) is -0.531. The summed E-state index contributed by atoms with van der Waals surface area (Å²) in [5, 5.41) is 7.21. The van der Waals surface area contributed by atoms with Gasteiger partial charge in [-0.15, -0.1) is 0 Å². The maximum absolute atomic E-state index is 13.4. The van der Waals surface area contributed by atoms with E-state index >= 15 is 0 Å². The molecule has 3 N–H and O–H groups in total. The van der Waals surface area contributed by atoms with E-state index in [1.807, 2.05) is 5.32 Å². The monoisotopic (exact) mass is 401 g/mol. The third-order valence-electron chi connectivity index (χ3n) is 3.17. The topological polar surface area (TPSA) is 79.5 Å². The van der Waals surface area contributed by atoms with Crippen molar-refractivity contribution in [3.05, 3.63) is 58.9 Å². The fourth-order valence-electron chi connectivity index (χ4n) is 1.93. The summed E-state index contributed by atoms with van der Waals surface area (Å²) in [6.45, 7) is -0.183. The second-order valence-corrected chi connectivity index (χ2v) is 5.62. The van der Waals surface area contributed by atoms with Crippen molar-refractivity contribution >= 4 is 29.2 Å². The van der Waals surface area contributed by atoms with Crippen LogP contribution in [0.4, 0.5) is 23.7 Å². The average Bonchev–Trinajstić information content (AvgIpc) is 2.64. The Morgan fingerprint density at radius 3 is 2.56 bits per heavy atom. The molecule has 2 aromatic carbocycles. The lowest BCUT2D eigenvalue weighted by Gasteiger charge is -2.10. The van der Waals surface area contributed by atoms with E-state index < -0.39 is 41.6 Å². The molecule has 0 saturated heterocycles. The van der Waals surface area contributed by atoms with Gasteiger partial charge in [-0.25, -0.2) is 18.0 Å². The van der Waals surface area contributed by atoms with Crippen LogP contribution in [0.25, 0.3) is 0 Å². The summed E-state index contributed by atoms with van der Waals surface area (Å²) in [4.78, 5) is 23.2. The van der Waals surface area contributed by atoms with E-state index in [1.54, 1.807) is 24.3 Å². The number of hydrogen-bond acceptors (Lipinski definition) is 3. The second-order valence-electron chi connectivity index (χ2n) is 5.19. The molecule has 0 saturated carbocycles. The van der Waals surface area contributed by atoms with Gasteiger partial charge in [0.15, 0.2) is 17.5 Å². The van der Waals surface area contributed by atoms with Crippen LogP contribution in [0.15, 0.2) is 36.4 Å². The van der Waals surface area contributed by atoms with Crippen molar-refractivity contribution < 1.29 is 27.5 Å². The SMILES string of the molecule is O=C(CNC(=O)NCCOc1cccc(Cl)c1)Nc1ccc(F)c(F)c1F. The maximum Gasteiger partial charge on any atom is 0.315 e. The summed E-state index contributed by atoms with van der Waals surface area (Å²) in [6, 6.07) is 7.61. The van der Waals surface area contributed by atoms with Gasteiger partial charge in [-0.2, -0.15) is 0 Å². The number of carbonyl (C=O) groups excluding carboxylic acids is 2. The van der Waals surface area contributed by atoms with E-state index in [4.69, 9.17) is 16.3 Å². The molecule has 2 aromatic rings. The van der Waals surface area contributed by atoms with Crippen LogP contribution in [0, 0.1) is 17.5 Å². The van der Waals surface area contributed by atoms with Gasteiger partial charge in [-0.3, -0.25) is 4.79 Å². The highest BCUT2D eigenvalue weighted by Crippen LogP contribution is 2.19. The van der Waals surface area contributed by atoms with Gasteiger partial charge >= 0.3 is 6.03 Å². The lowest BCUT2D eigenvalue weighted by Crippen LogP contribution is -2.41. The maximum atomic E-state index is 13.4. The summed E-state index contributed by atoms with van der Waals surface area (Å²) >= 11 is 5.80. The van der Waals surface area contributed by atoms with Crippen molar-refractivity contribution in [2.75, 3.05) is 25.0 Å². The Labute approximate surface area is 157 Å². The van der Waals surface area contributed by atoms with Crippen LogP contribution >= 0.6 is 11.6 Å². The van der Waals surface area contributed by atoms with E-state index in [0.717, 1.165) is 6.07 Å². The molecule has 0 atom stereocenters. The van der Waals surface area contributed by atoms with E-state index in [9.17, 15) is 22.8 Å². The molecule has 6 nitrogen and oxygen atoms in total. The molecule has 27 heavy (non-hydrogen) atoms. The lowest BCUT2D eigenvalue weighted by atomic mass is 10.2. The molecule has 0 unspecified atom stereocenters. The van der Waals surface area contributed by atoms with Gasteiger partial charge < -0.3 is 20.7 Å². The van der Waals surface area contributed by atoms with E-state index in [1.165, 1.54) is 0 Å². The first-order chi connectivity index (χ1) is 12.9. The van der Waals surface area contributed by atoms with Crippen molar-refractivity contribution in [1.29, 1.82) is 0 Å². The number of rotatable bonds is 7. The third kappa shape index (κ3) is 6.37. The Morgan fingerprint density at radius 2 is 1.81 bits per heavy atom. The van der Waals surface area contributed by atoms with Crippen molar-refractivity contribution in [3.8, 4) is 5.75 Å². The smallest absolute Gasteiger partial charge is 0.315 e. The zero-order valence-corrected chi connectivity index (χ0v) is 14.6. The number of nitrogens with one attached hydrogen (secondary N) is 3. The molecule has 10 heteroatoms. The number of anilines is 1. The Kier molecular flexibility index (Phi) is 7.30. The molecule has 0 aliphatic rings. The molecule has 0 heterocycles. The fourth-order valence-corrected chi connectivity index (χ4v) is 2.11. The Bertz CT molecular complexity index is 836. The van der Waals surface area contributed by atoms with Crippen molar-refractivity contribution in [1.82, 2.24) is 10.6 Å². The summed E-state index contributed by atoms with van der Waals surface area (Å²) in [7, 11) is 0. The highest BCUT2D eigenvalue weighted by Gasteiger charge is 2.15. The molecular weight excluding hydrogens is 387 g/mol. The quantitative estimate of drug-likeness (QED) is 0.493. The number of ether oxygens (including phenoxy) is 1. The average molecular weight is 402 g/mol. The third-order valence-corrected chi connectivity index (χ3v) is 3.41. The molecule has 0 bridgehead atoms. The first-order valence-corrected chi connectivity index (χ1v) is 8.08. The first-order valence-electron chi connectivity index (χ1n) is 7.70. The van der Waals surface area contributed by atoms with E-state index in [2.05, 4.69) is 10.6 Å². The predicted octanol–water partition coefficient (Wildman–Crippen LogP) is 3.07. The molecule has 144 valence electrons. The minimum atomic E-state index is -1.70. The van der Waals surface area contributed by atoms with Gasteiger partial charge in [0.1, 0.15) is 12.4 Å². The number of halogens is 4. The van der Waals surface area contributed by atoms with Crippen molar-refractivity contribution in [2.45, 2.75) is 0 Å². The van der Waals surface area contributed by atoms with E-state index in [0.29, 0.717) is 16.8 Å². The summed E-state index contributed by atoms with van der Waals surface area (Å²) in [6.07, 6.45) is 0. The van der Waals surface area contributed by atoms with Crippen molar-refractivity contribution in [2.24, 2.45) is 0 Å². The minimum absolute atomic E-state index is 0.151. The highest BCUT2D eigenvalue weighted by molar-refractivity contribution is 6.30.